The fraction of sp³-hybridized carbons (Fsp3) is 0.600. The Balaban J connectivity index is 2.13. The van der Waals surface area contributed by atoms with Crippen molar-refractivity contribution in [3.05, 3.63) is 29.3 Å². The van der Waals surface area contributed by atoms with Gasteiger partial charge in [-0.1, -0.05) is 13.0 Å². The minimum absolute atomic E-state index is 0.0860. The number of hydrogen-bond donors (Lipinski definition) is 2. The number of nitrogens with zero attached hydrogens (tertiary/aromatic N) is 1. The molecule has 0 amide bonds. The lowest BCUT2D eigenvalue weighted by Crippen LogP contribution is -2.35. The van der Waals surface area contributed by atoms with Gasteiger partial charge in [-0.25, -0.2) is 0 Å². The molecule has 3 heteroatoms. The fourth-order valence-electron chi connectivity index (χ4n) is 3.71. The van der Waals surface area contributed by atoms with E-state index in [1.165, 1.54) is 0 Å². The number of aliphatic hydroxyl groups excluding tert-OH is 1. The Labute approximate surface area is 108 Å². The van der Waals surface area contributed by atoms with E-state index in [2.05, 4.69) is 18.9 Å². The van der Waals surface area contributed by atoms with Crippen LogP contribution in [-0.4, -0.2) is 35.3 Å². The van der Waals surface area contributed by atoms with Gasteiger partial charge in [0.25, 0.3) is 0 Å². The highest BCUT2D eigenvalue weighted by atomic mass is 16.3. The van der Waals surface area contributed by atoms with Gasteiger partial charge in [-0.2, -0.15) is 0 Å². The molecule has 18 heavy (non-hydrogen) atoms. The standard InChI is InChI=1S/C15H21NO2/c1-15-5-6-16(2)9-10(8-15)14(18)12-4-3-11(17)7-13(12)15/h3-4,7,10,14,17-18H,5-6,8-9H2,1-2H3. The lowest BCUT2D eigenvalue weighted by molar-refractivity contribution is 0.0671. The zero-order chi connectivity index (χ0) is 12.9. The summed E-state index contributed by atoms with van der Waals surface area (Å²) in [6.07, 6.45) is 1.70. The minimum atomic E-state index is -0.394. The topological polar surface area (TPSA) is 43.7 Å². The maximum absolute atomic E-state index is 10.5. The van der Waals surface area contributed by atoms with E-state index in [-0.39, 0.29) is 5.41 Å². The van der Waals surface area contributed by atoms with Crippen LogP contribution in [0.3, 0.4) is 0 Å². The predicted octanol–water partition coefficient (Wildman–Crippen LogP) is 2.04. The number of likely N-dealkylation sites (tertiary alicyclic amines) is 1. The molecule has 0 radical (unpaired) electrons. The van der Waals surface area contributed by atoms with Crippen LogP contribution in [0.5, 0.6) is 5.75 Å². The van der Waals surface area contributed by atoms with Crippen molar-refractivity contribution in [2.24, 2.45) is 5.92 Å². The molecule has 1 fully saturated rings. The molecule has 0 spiro atoms. The van der Waals surface area contributed by atoms with Gasteiger partial charge in [0.15, 0.2) is 0 Å². The average Bonchev–Trinajstić information content (AvgIpc) is 2.46. The first-order valence-electron chi connectivity index (χ1n) is 6.70. The molecule has 0 saturated carbocycles. The van der Waals surface area contributed by atoms with E-state index >= 15 is 0 Å². The molecule has 3 atom stereocenters. The number of aromatic hydroxyl groups is 1. The van der Waals surface area contributed by atoms with E-state index < -0.39 is 6.10 Å². The van der Waals surface area contributed by atoms with Crippen molar-refractivity contribution >= 4 is 0 Å². The second kappa shape index (κ2) is 3.97. The van der Waals surface area contributed by atoms with Crippen LogP contribution in [0, 0.1) is 5.92 Å². The van der Waals surface area contributed by atoms with Gasteiger partial charge in [-0.3, -0.25) is 0 Å². The molecule has 1 aromatic rings. The Morgan fingerprint density at radius 3 is 2.94 bits per heavy atom. The highest BCUT2D eigenvalue weighted by molar-refractivity contribution is 5.43. The third kappa shape index (κ3) is 1.73. The Hall–Kier alpha value is -1.06. The Kier molecular flexibility index (Phi) is 2.65. The van der Waals surface area contributed by atoms with E-state index in [4.69, 9.17) is 0 Å². The van der Waals surface area contributed by atoms with Gasteiger partial charge < -0.3 is 15.1 Å². The van der Waals surface area contributed by atoms with E-state index in [0.29, 0.717) is 11.7 Å². The van der Waals surface area contributed by atoms with Crippen LogP contribution in [-0.2, 0) is 5.41 Å². The van der Waals surface area contributed by atoms with Gasteiger partial charge in [-0.05, 0) is 55.1 Å². The molecule has 3 nitrogen and oxygen atoms in total. The molecule has 1 aliphatic heterocycles. The van der Waals surface area contributed by atoms with E-state index in [1.54, 1.807) is 6.07 Å². The molecule has 1 saturated heterocycles. The molecule has 1 aromatic carbocycles. The lowest BCUT2D eigenvalue weighted by atomic mass is 9.65. The molecule has 98 valence electrons. The van der Waals surface area contributed by atoms with Crippen molar-refractivity contribution in [3.63, 3.8) is 0 Å². The van der Waals surface area contributed by atoms with Gasteiger partial charge in [0, 0.05) is 12.5 Å². The molecule has 0 aromatic heterocycles. The van der Waals surface area contributed by atoms with Crippen LogP contribution in [0.4, 0.5) is 0 Å². The van der Waals surface area contributed by atoms with Crippen molar-refractivity contribution in [1.29, 1.82) is 0 Å². The van der Waals surface area contributed by atoms with E-state index in [9.17, 15) is 10.2 Å². The molecule has 2 bridgehead atoms. The van der Waals surface area contributed by atoms with Crippen LogP contribution >= 0.6 is 0 Å². The number of phenolic OH excluding ortho intramolecular Hbond substituents is 1. The maximum atomic E-state index is 10.5. The molecular weight excluding hydrogens is 226 g/mol. The molecule has 3 rings (SSSR count). The summed E-state index contributed by atoms with van der Waals surface area (Å²) in [6, 6.07) is 5.43. The number of rotatable bonds is 0. The van der Waals surface area contributed by atoms with Crippen LogP contribution < -0.4 is 0 Å². The predicted molar refractivity (Wildman–Crippen MR) is 70.6 cm³/mol. The summed E-state index contributed by atoms with van der Waals surface area (Å²) in [5, 5.41) is 20.2. The first-order chi connectivity index (χ1) is 8.49. The summed E-state index contributed by atoms with van der Waals surface area (Å²) in [7, 11) is 2.12. The molecule has 2 N–H and O–H groups in total. The zero-order valence-electron chi connectivity index (χ0n) is 11.1. The highest BCUT2D eigenvalue weighted by Crippen LogP contribution is 2.49. The van der Waals surface area contributed by atoms with Crippen molar-refractivity contribution in [3.8, 4) is 5.75 Å². The summed E-state index contributed by atoms with van der Waals surface area (Å²) in [6.45, 7) is 4.27. The smallest absolute Gasteiger partial charge is 0.115 e. The van der Waals surface area contributed by atoms with Crippen molar-refractivity contribution in [2.45, 2.75) is 31.3 Å². The summed E-state index contributed by atoms with van der Waals surface area (Å²) in [5.41, 5.74) is 2.24. The molecular formula is C15H21NO2. The summed E-state index contributed by atoms with van der Waals surface area (Å²) >= 11 is 0. The third-order valence-electron chi connectivity index (χ3n) is 4.76. The second-order valence-corrected chi connectivity index (χ2v) is 6.25. The van der Waals surface area contributed by atoms with Gasteiger partial charge >= 0.3 is 0 Å². The quantitative estimate of drug-likeness (QED) is 0.737. The van der Waals surface area contributed by atoms with Crippen LogP contribution in [0.25, 0.3) is 0 Å². The van der Waals surface area contributed by atoms with Crippen LogP contribution in [0.2, 0.25) is 0 Å². The van der Waals surface area contributed by atoms with E-state index in [0.717, 1.165) is 37.1 Å². The third-order valence-corrected chi connectivity index (χ3v) is 4.76. The highest BCUT2D eigenvalue weighted by Gasteiger charge is 2.43. The largest absolute Gasteiger partial charge is 0.508 e. The summed E-state index contributed by atoms with van der Waals surface area (Å²) in [5.74, 6) is 0.609. The number of hydrogen-bond acceptors (Lipinski definition) is 3. The fourth-order valence-corrected chi connectivity index (χ4v) is 3.71. The molecule has 3 unspecified atom stereocenters. The zero-order valence-corrected chi connectivity index (χ0v) is 11.1. The number of phenols is 1. The lowest BCUT2D eigenvalue weighted by Gasteiger charge is -2.41. The number of benzene rings is 1. The first-order valence-corrected chi connectivity index (χ1v) is 6.70. The number of fused-ring (bicyclic) bond motifs is 4. The normalized spacial score (nSPS) is 35.9. The Morgan fingerprint density at radius 2 is 2.17 bits per heavy atom. The first kappa shape index (κ1) is 12.0. The Bertz CT molecular complexity index is 474. The summed E-state index contributed by atoms with van der Waals surface area (Å²) in [4.78, 5) is 2.31. The molecule has 1 heterocycles. The van der Waals surface area contributed by atoms with Crippen LogP contribution in [0.1, 0.15) is 37.0 Å². The second-order valence-electron chi connectivity index (χ2n) is 6.25. The molecule has 2 aliphatic rings. The SMILES string of the molecule is CN1CCC2(C)CC(C1)C(O)c1ccc(O)cc12. The van der Waals surface area contributed by atoms with Gasteiger partial charge in [0.1, 0.15) is 5.75 Å². The maximum Gasteiger partial charge on any atom is 0.115 e. The monoisotopic (exact) mass is 247 g/mol. The Morgan fingerprint density at radius 1 is 1.39 bits per heavy atom. The van der Waals surface area contributed by atoms with Gasteiger partial charge in [0.2, 0.25) is 0 Å². The van der Waals surface area contributed by atoms with E-state index in [1.807, 2.05) is 12.1 Å². The summed E-state index contributed by atoms with van der Waals surface area (Å²) < 4.78 is 0. The van der Waals surface area contributed by atoms with Gasteiger partial charge in [0.05, 0.1) is 6.10 Å². The van der Waals surface area contributed by atoms with Crippen LogP contribution in [0.15, 0.2) is 18.2 Å². The molecule has 1 aliphatic carbocycles. The number of aliphatic hydroxyl groups is 1. The van der Waals surface area contributed by atoms with Crippen molar-refractivity contribution in [2.75, 3.05) is 20.1 Å². The van der Waals surface area contributed by atoms with Crippen molar-refractivity contribution in [1.82, 2.24) is 4.90 Å². The van der Waals surface area contributed by atoms with Gasteiger partial charge in [-0.15, -0.1) is 0 Å². The average molecular weight is 247 g/mol. The minimum Gasteiger partial charge on any atom is -0.508 e. The van der Waals surface area contributed by atoms with Crippen molar-refractivity contribution < 1.29 is 10.2 Å².